The van der Waals surface area contributed by atoms with Gasteiger partial charge < -0.3 is 14.9 Å². The van der Waals surface area contributed by atoms with E-state index in [1.807, 2.05) is 0 Å². The first-order valence-corrected chi connectivity index (χ1v) is 13.4. The molecule has 3 nitrogen and oxygen atoms in total. The van der Waals surface area contributed by atoms with Crippen LogP contribution in [0.2, 0.25) is 0 Å². The predicted molar refractivity (Wildman–Crippen MR) is 122 cm³/mol. The maximum atomic E-state index is 10.8. The summed E-state index contributed by atoms with van der Waals surface area (Å²) in [6.07, 6.45) is 11.5. The van der Waals surface area contributed by atoms with Gasteiger partial charge in [-0.2, -0.15) is 0 Å². The van der Waals surface area contributed by atoms with E-state index in [4.69, 9.17) is 4.74 Å². The van der Waals surface area contributed by atoms with Crippen molar-refractivity contribution in [1.82, 2.24) is 0 Å². The van der Waals surface area contributed by atoms with Gasteiger partial charge in [0.2, 0.25) is 0 Å². The van der Waals surface area contributed by atoms with Crippen molar-refractivity contribution in [2.45, 2.75) is 117 Å². The van der Waals surface area contributed by atoms with Crippen molar-refractivity contribution in [2.24, 2.45) is 50.7 Å². The number of ether oxygens (including phenoxy) is 1. The molecule has 5 aliphatic carbocycles. The van der Waals surface area contributed by atoms with Gasteiger partial charge in [-0.3, -0.25) is 0 Å². The second-order valence-electron chi connectivity index (χ2n) is 14.6. The zero-order chi connectivity index (χ0) is 22.2. The topological polar surface area (TPSA) is 49.7 Å². The number of fused-ring (bicyclic) bond motifs is 4. The molecule has 2 N–H and O–H groups in total. The van der Waals surface area contributed by atoms with Crippen LogP contribution in [0, 0.1) is 50.7 Å². The normalized spacial score (nSPS) is 63.9. The van der Waals surface area contributed by atoms with Gasteiger partial charge in [-0.25, -0.2) is 0 Å². The molecule has 0 bridgehead atoms. The monoisotopic (exact) mass is 430 g/mol. The van der Waals surface area contributed by atoms with Crippen molar-refractivity contribution in [3.8, 4) is 0 Å². The van der Waals surface area contributed by atoms with Gasteiger partial charge in [-0.15, -0.1) is 0 Å². The zero-order valence-electron chi connectivity index (χ0n) is 20.8. The van der Waals surface area contributed by atoms with Crippen LogP contribution in [-0.2, 0) is 4.74 Å². The molecule has 0 aromatic heterocycles. The molecule has 1 heterocycles. The summed E-state index contributed by atoms with van der Waals surface area (Å²) in [4.78, 5) is 0. The van der Waals surface area contributed by atoms with Crippen molar-refractivity contribution in [3.05, 3.63) is 0 Å². The van der Waals surface area contributed by atoms with Gasteiger partial charge in [-0.1, -0.05) is 34.6 Å². The molecule has 6 fully saturated rings. The molecule has 11 atom stereocenters. The zero-order valence-corrected chi connectivity index (χ0v) is 20.8. The van der Waals surface area contributed by atoms with E-state index in [2.05, 4.69) is 41.5 Å². The molecule has 5 saturated carbocycles. The Morgan fingerprint density at radius 1 is 0.839 bits per heavy atom. The predicted octanol–water partition coefficient (Wildman–Crippen LogP) is 5.57. The highest BCUT2D eigenvalue weighted by Gasteiger charge is 2.83. The molecule has 0 amide bonds. The fourth-order valence-corrected chi connectivity index (χ4v) is 11.9. The summed E-state index contributed by atoms with van der Waals surface area (Å²) in [5.74, 6) is 2.75. The quantitative estimate of drug-likeness (QED) is 0.571. The third-order valence-corrected chi connectivity index (χ3v) is 13.3. The minimum Gasteiger partial charge on any atom is -0.393 e. The number of hydrogen-bond acceptors (Lipinski definition) is 3. The third-order valence-electron chi connectivity index (χ3n) is 13.3. The standard InChI is InChI=1S/C28H46O3/c1-17-13-24(4,16-29)31-18-14-26(6)20-8-7-19-23(2,3)21(30)9-10-27(19)15-28(20,27)12-11-25(26,5)22(17)18/h17-22,29-30H,7-16H2,1-6H3. The molecule has 1 aliphatic heterocycles. The first-order chi connectivity index (χ1) is 14.4. The molecule has 3 heteroatoms. The average Bonchev–Trinajstić information content (AvgIpc) is 3.29. The lowest BCUT2D eigenvalue weighted by Gasteiger charge is -2.63. The molecule has 31 heavy (non-hydrogen) atoms. The number of hydrogen-bond donors (Lipinski definition) is 2. The molecule has 6 aliphatic rings. The van der Waals surface area contributed by atoms with Crippen LogP contribution < -0.4 is 0 Å². The molecule has 11 unspecified atom stereocenters. The van der Waals surface area contributed by atoms with E-state index in [-0.39, 0.29) is 23.7 Å². The van der Waals surface area contributed by atoms with E-state index < -0.39 is 0 Å². The van der Waals surface area contributed by atoms with Crippen LogP contribution in [0.15, 0.2) is 0 Å². The van der Waals surface area contributed by atoms with Crippen LogP contribution in [-0.4, -0.2) is 34.6 Å². The second-order valence-corrected chi connectivity index (χ2v) is 14.6. The van der Waals surface area contributed by atoms with Gasteiger partial charge in [0.1, 0.15) is 0 Å². The molecule has 6 rings (SSSR count). The highest BCUT2D eigenvalue weighted by Crippen LogP contribution is 2.89. The molecule has 1 saturated heterocycles. The summed E-state index contributed by atoms with van der Waals surface area (Å²) in [6, 6.07) is 0. The second kappa shape index (κ2) is 5.92. The molecule has 2 spiro atoms. The Kier molecular flexibility index (Phi) is 4.09. The number of aliphatic hydroxyl groups excluding tert-OH is 2. The average molecular weight is 431 g/mol. The Labute approximate surface area is 189 Å². The highest BCUT2D eigenvalue weighted by atomic mass is 16.5. The van der Waals surface area contributed by atoms with Gasteiger partial charge >= 0.3 is 0 Å². The van der Waals surface area contributed by atoms with Crippen LogP contribution in [0.4, 0.5) is 0 Å². The van der Waals surface area contributed by atoms with E-state index >= 15 is 0 Å². The van der Waals surface area contributed by atoms with Crippen molar-refractivity contribution in [1.29, 1.82) is 0 Å². The van der Waals surface area contributed by atoms with Crippen LogP contribution in [0.1, 0.15) is 99.3 Å². The number of aliphatic hydroxyl groups is 2. The lowest BCUT2D eigenvalue weighted by atomic mass is 9.41. The lowest BCUT2D eigenvalue weighted by Crippen LogP contribution is -2.58. The highest BCUT2D eigenvalue weighted by molar-refractivity contribution is 5.31. The maximum absolute atomic E-state index is 10.8. The Morgan fingerprint density at radius 3 is 2.23 bits per heavy atom. The van der Waals surface area contributed by atoms with Gasteiger partial charge in [0.05, 0.1) is 24.4 Å². The van der Waals surface area contributed by atoms with E-state index in [0.29, 0.717) is 45.5 Å². The van der Waals surface area contributed by atoms with E-state index in [1.165, 1.54) is 44.9 Å². The van der Waals surface area contributed by atoms with Crippen LogP contribution in [0.5, 0.6) is 0 Å². The smallest absolute Gasteiger partial charge is 0.0890 e. The fraction of sp³-hybridized carbons (Fsp3) is 1.00. The molecule has 0 aromatic carbocycles. The van der Waals surface area contributed by atoms with Crippen LogP contribution >= 0.6 is 0 Å². The first kappa shape index (κ1) is 21.4. The Balaban J connectivity index is 1.38. The van der Waals surface area contributed by atoms with Crippen LogP contribution in [0.25, 0.3) is 0 Å². The summed E-state index contributed by atoms with van der Waals surface area (Å²) in [7, 11) is 0. The van der Waals surface area contributed by atoms with Crippen molar-refractivity contribution < 1.29 is 14.9 Å². The van der Waals surface area contributed by atoms with Gasteiger partial charge in [0, 0.05) is 0 Å². The van der Waals surface area contributed by atoms with Gasteiger partial charge in [-0.05, 0) is 115 Å². The largest absolute Gasteiger partial charge is 0.393 e. The van der Waals surface area contributed by atoms with Crippen LogP contribution in [0.3, 0.4) is 0 Å². The summed E-state index contributed by atoms with van der Waals surface area (Å²) in [6.45, 7) is 14.7. The summed E-state index contributed by atoms with van der Waals surface area (Å²) in [5.41, 5.74) is 1.43. The van der Waals surface area contributed by atoms with E-state index in [1.54, 1.807) is 0 Å². The van der Waals surface area contributed by atoms with Gasteiger partial charge in [0.25, 0.3) is 0 Å². The van der Waals surface area contributed by atoms with Crippen molar-refractivity contribution in [3.63, 3.8) is 0 Å². The number of rotatable bonds is 1. The minimum absolute atomic E-state index is 0.0681. The maximum Gasteiger partial charge on any atom is 0.0890 e. The summed E-state index contributed by atoms with van der Waals surface area (Å²) in [5, 5.41) is 20.9. The Bertz CT molecular complexity index is 793. The molecule has 176 valence electrons. The Morgan fingerprint density at radius 2 is 1.52 bits per heavy atom. The SMILES string of the molecule is CC1CC(C)(CO)OC2CC3(C)C4CCC5C(C)(C)C(O)CCC56CC46CCC3(C)C12. The third kappa shape index (κ3) is 2.24. The lowest BCUT2D eigenvalue weighted by molar-refractivity contribution is -0.190. The van der Waals surface area contributed by atoms with E-state index in [9.17, 15) is 10.2 Å². The Hall–Kier alpha value is -0.120. The molecule has 0 radical (unpaired) electrons. The minimum atomic E-state index is -0.361. The molecular weight excluding hydrogens is 384 g/mol. The summed E-state index contributed by atoms with van der Waals surface area (Å²) < 4.78 is 6.74. The van der Waals surface area contributed by atoms with Crippen molar-refractivity contribution in [2.75, 3.05) is 6.61 Å². The first-order valence-electron chi connectivity index (χ1n) is 13.4. The van der Waals surface area contributed by atoms with Crippen molar-refractivity contribution >= 4 is 0 Å². The summed E-state index contributed by atoms with van der Waals surface area (Å²) >= 11 is 0. The van der Waals surface area contributed by atoms with Gasteiger partial charge in [0.15, 0.2) is 0 Å². The molecular formula is C28H46O3. The fourth-order valence-electron chi connectivity index (χ4n) is 11.9. The molecule has 0 aromatic rings. The van der Waals surface area contributed by atoms with E-state index in [0.717, 1.165) is 18.8 Å².